The Morgan fingerprint density at radius 1 is 1.21 bits per heavy atom. The number of nitrogens with one attached hydrogen (secondary N) is 1. The summed E-state index contributed by atoms with van der Waals surface area (Å²) in [7, 11) is 1.76. The predicted molar refractivity (Wildman–Crippen MR) is 72.0 cm³/mol. The molecule has 0 saturated heterocycles. The maximum absolute atomic E-state index is 12.1. The standard InChI is InChI=1S/C14H24N2O3/c1-16(10-11-6-3-2-4-7-11)13(19)15-14(12(17)18)8-5-9-14/h11H,2-10H2,1H3,(H,15,19)(H,17,18). The van der Waals surface area contributed by atoms with Gasteiger partial charge in [0.25, 0.3) is 0 Å². The van der Waals surface area contributed by atoms with Gasteiger partial charge in [0.15, 0.2) is 0 Å². The molecular formula is C14H24N2O3. The second-order valence-electron chi connectivity index (χ2n) is 6.06. The first-order valence-electron chi connectivity index (χ1n) is 7.30. The third kappa shape index (κ3) is 3.19. The molecule has 108 valence electrons. The Morgan fingerprint density at radius 2 is 1.84 bits per heavy atom. The highest BCUT2D eigenvalue weighted by atomic mass is 16.4. The van der Waals surface area contributed by atoms with E-state index in [0.29, 0.717) is 18.8 Å². The Morgan fingerprint density at radius 3 is 2.32 bits per heavy atom. The molecule has 2 aliphatic rings. The highest BCUT2D eigenvalue weighted by molar-refractivity contribution is 5.87. The van der Waals surface area contributed by atoms with E-state index in [9.17, 15) is 14.7 Å². The summed E-state index contributed by atoms with van der Waals surface area (Å²) in [4.78, 5) is 25.0. The van der Waals surface area contributed by atoms with Crippen LogP contribution < -0.4 is 5.32 Å². The van der Waals surface area contributed by atoms with E-state index in [1.54, 1.807) is 11.9 Å². The maximum Gasteiger partial charge on any atom is 0.329 e. The van der Waals surface area contributed by atoms with Crippen LogP contribution in [0.4, 0.5) is 4.79 Å². The lowest BCUT2D eigenvalue weighted by atomic mass is 9.77. The number of hydrogen-bond donors (Lipinski definition) is 2. The first-order valence-corrected chi connectivity index (χ1v) is 7.30. The van der Waals surface area contributed by atoms with Crippen LogP contribution in [0.1, 0.15) is 51.4 Å². The lowest BCUT2D eigenvalue weighted by molar-refractivity contribution is -0.148. The topological polar surface area (TPSA) is 69.6 Å². The number of hydrogen-bond acceptors (Lipinski definition) is 2. The Kier molecular flexibility index (Phi) is 4.32. The molecule has 2 saturated carbocycles. The Labute approximate surface area is 114 Å². The summed E-state index contributed by atoms with van der Waals surface area (Å²) in [5.74, 6) is -0.329. The number of nitrogens with zero attached hydrogens (tertiary/aromatic N) is 1. The van der Waals surface area contributed by atoms with Crippen molar-refractivity contribution in [1.82, 2.24) is 10.2 Å². The van der Waals surface area contributed by atoms with E-state index in [4.69, 9.17) is 0 Å². The smallest absolute Gasteiger partial charge is 0.329 e. The van der Waals surface area contributed by atoms with Gasteiger partial charge < -0.3 is 15.3 Å². The molecule has 0 aromatic carbocycles. The van der Waals surface area contributed by atoms with Crippen molar-refractivity contribution in [3.05, 3.63) is 0 Å². The zero-order valence-corrected chi connectivity index (χ0v) is 11.7. The van der Waals surface area contributed by atoms with Crippen LogP contribution in [0.3, 0.4) is 0 Å². The van der Waals surface area contributed by atoms with Crippen molar-refractivity contribution in [3.8, 4) is 0 Å². The van der Waals surface area contributed by atoms with E-state index >= 15 is 0 Å². The summed E-state index contributed by atoms with van der Waals surface area (Å²) in [5.41, 5.74) is -1.00. The summed E-state index contributed by atoms with van der Waals surface area (Å²) in [6.45, 7) is 0.738. The van der Waals surface area contributed by atoms with Crippen LogP contribution in [0, 0.1) is 5.92 Å². The molecule has 2 amide bonds. The van der Waals surface area contributed by atoms with Gasteiger partial charge in [0, 0.05) is 13.6 Å². The van der Waals surface area contributed by atoms with E-state index in [0.717, 1.165) is 13.0 Å². The minimum absolute atomic E-state index is 0.243. The Balaban J connectivity index is 1.83. The Hall–Kier alpha value is -1.26. The average Bonchev–Trinajstić information content (AvgIpc) is 2.34. The number of carbonyl (C=O) groups excluding carboxylic acids is 1. The van der Waals surface area contributed by atoms with Crippen LogP contribution in [0.2, 0.25) is 0 Å². The van der Waals surface area contributed by atoms with Crippen molar-refractivity contribution >= 4 is 12.0 Å². The SMILES string of the molecule is CN(CC1CCCCC1)C(=O)NC1(C(=O)O)CCC1. The molecule has 0 heterocycles. The van der Waals surface area contributed by atoms with Crippen LogP contribution >= 0.6 is 0 Å². The summed E-state index contributed by atoms with van der Waals surface area (Å²) in [6, 6.07) is -0.243. The largest absolute Gasteiger partial charge is 0.480 e. The van der Waals surface area contributed by atoms with Gasteiger partial charge >= 0.3 is 12.0 Å². The lowest BCUT2D eigenvalue weighted by Crippen LogP contribution is -2.61. The van der Waals surface area contributed by atoms with E-state index in [1.807, 2.05) is 0 Å². The molecule has 2 N–H and O–H groups in total. The van der Waals surface area contributed by atoms with Crippen LogP contribution in [-0.4, -0.2) is 41.1 Å². The predicted octanol–water partition coefficient (Wildman–Crippen LogP) is 2.22. The van der Waals surface area contributed by atoms with Gasteiger partial charge in [-0.1, -0.05) is 19.3 Å². The summed E-state index contributed by atoms with van der Waals surface area (Å²) < 4.78 is 0. The summed E-state index contributed by atoms with van der Waals surface area (Å²) in [6.07, 6.45) is 8.13. The summed E-state index contributed by atoms with van der Waals surface area (Å²) >= 11 is 0. The molecule has 0 bridgehead atoms. The molecule has 2 fully saturated rings. The maximum atomic E-state index is 12.1. The fraction of sp³-hybridized carbons (Fsp3) is 0.857. The van der Waals surface area contributed by atoms with Gasteiger partial charge in [-0.15, -0.1) is 0 Å². The van der Waals surface area contributed by atoms with E-state index in [2.05, 4.69) is 5.32 Å². The Bertz CT molecular complexity index is 347. The number of carbonyl (C=O) groups is 2. The number of rotatable bonds is 4. The number of aliphatic carboxylic acids is 1. The van der Waals surface area contributed by atoms with Crippen LogP contribution in [0.15, 0.2) is 0 Å². The molecule has 2 aliphatic carbocycles. The molecule has 0 aliphatic heterocycles. The second-order valence-corrected chi connectivity index (χ2v) is 6.06. The molecule has 0 unspecified atom stereocenters. The first kappa shape index (κ1) is 14.2. The highest BCUT2D eigenvalue weighted by Crippen LogP contribution is 2.32. The number of carboxylic acids is 1. The molecular weight excluding hydrogens is 244 g/mol. The van der Waals surface area contributed by atoms with E-state index in [1.165, 1.54) is 32.1 Å². The fourth-order valence-electron chi connectivity index (χ4n) is 3.06. The zero-order chi connectivity index (χ0) is 13.9. The number of amides is 2. The van der Waals surface area contributed by atoms with Crippen molar-refractivity contribution in [2.45, 2.75) is 56.9 Å². The minimum Gasteiger partial charge on any atom is -0.480 e. The van der Waals surface area contributed by atoms with Gasteiger partial charge in [-0.2, -0.15) is 0 Å². The normalized spacial score (nSPS) is 22.4. The van der Waals surface area contributed by atoms with Crippen LogP contribution in [-0.2, 0) is 4.79 Å². The quantitative estimate of drug-likeness (QED) is 0.821. The van der Waals surface area contributed by atoms with Crippen molar-refractivity contribution in [2.24, 2.45) is 5.92 Å². The van der Waals surface area contributed by atoms with Gasteiger partial charge in [0.2, 0.25) is 0 Å². The number of urea groups is 1. The van der Waals surface area contributed by atoms with Gasteiger partial charge in [-0.3, -0.25) is 0 Å². The second kappa shape index (κ2) is 5.80. The van der Waals surface area contributed by atoms with Gasteiger partial charge in [0.1, 0.15) is 5.54 Å². The third-order valence-corrected chi connectivity index (χ3v) is 4.57. The summed E-state index contributed by atoms with van der Waals surface area (Å²) in [5, 5.41) is 11.9. The van der Waals surface area contributed by atoms with Crippen molar-refractivity contribution in [3.63, 3.8) is 0 Å². The molecule has 2 rings (SSSR count). The van der Waals surface area contributed by atoms with Gasteiger partial charge in [0.05, 0.1) is 0 Å². The molecule has 0 aromatic heterocycles. The van der Waals surface area contributed by atoms with Crippen molar-refractivity contribution in [2.75, 3.05) is 13.6 Å². The van der Waals surface area contributed by atoms with Crippen molar-refractivity contribution < 1.29 is 14.7 Å². The highest BCUT2D eigenvalue weighted by Gasteiger charge is 2.46. The van der Waals surface area contributed by atoms with E-state index < -0.39 is 11.5 Å². The lowest BCUT2D eigenvalue weighted by Gasteiger charge is -2.39. The molecule has 0 spiro atoms. The monoisotopic (exact) mass is 268 g/mol. The molecule has 19 heavy (non-hydrogen) atoms. The zero-order valence-electron chi connectivity index (χ0n) is 11.7. The molecule has 5 nitrogen and oxygen atoms in total. The van der Waals surface area contributed by atoms with Gasteiger partial charge in [-0.25, -0.2) is 9.59 Å². The fourth-order valence-corrected chi connectivity index (χ4v) is 3.06. The molecule has 0 atom stereocenters. The van der Waals surface area contributed by atoms with Crippen LogP contribution in [0.5, 0.6) is 0 Å². The number of carboxylic acid groups (broad SMARTS) is 1. The van der Waals surface area contributed by atoms with Crippen LogP contribution in [0.25, 0.3) is 0 Å². The molecule has 0 radical (unpaired) electrons. The third-order valence-electron chi connectivity index (χ3n) is 4.57. The van der Waals surface area contributed by atoms with Crippen molar-refractivity contribution in [1.29, 1.82) is 0 Å². The molecule has 5 heteroatoms. The van der Waals surface area contributed by atoms with Gasteiger partial charge in [-0.05, 0) is 38.0 Å². The average molecular weight is 268 g/mol. The van der Waals surface area contributed by atoms with E-state index in [-0.39, 0.29) is 6.03 Å². The molecule has 0 aromatic rings. The minimum atomic E-state index is -1.00. The first-order chi connectivity index (χ1) is 9.03.